The first-order valence-electron chi connectivity index (χ1n) is 5.14. The minimum absolute atomic E-state index is 0.0509. The molecular formula is C10H12ClF9. The number of hydrogen-bond acceptors (Lipinski definition) is 0. The monoisotopic (exact) mass is 338 g/mol. The van der Waals surface area contributed by atoms with Crippen LogP contribution in [0.15, 0.2) is 0 Å². The fourth-order valence-corrected chi connectivity index (χ4v) is 1.49. The van der Waals surface area contributed by atoms with Gasteiger partial charge in [-0.2, -0.15) is 26.3 Å². The van der Waals surface area contributed by atoms with Crippen molar-refractivity contribution >= 4 is 11.6 Å². The zero-order chi connectivity index (χ0) is 17.0. The fraction of sp³-hybridized carbons (Fsp3) is 1.00. The average Bonchev–Trinajstić information content (AvgIpc) is 2.12. The fourth-order valence-electron chi connectivity index (χ4n) is 1.37. The topological polar surface area (TPSA) is 0 Å². The Balaban J connectivity index is 6.08. The molecule has 0 aromatic heterocycles. The second-order valence-corrected chi connectivity index (χ2v) is 5.60. The smallest absolute Gasteiger partial charge is 0.238 e. The molecule has 2 unspecified atom stereocenters. The third-order valence-corrected chi connectivity index (χ3v) is 3.40. The number of halogens is 10. The van der Waals surface area contributed by atoms with Crippen LogP contribution in [0.2, 0.25) is 0 Å². The summed E-state index contributed by atoms with van der Waals surface area (Å²) in [6.45, 7) is -1.00. The average molecular weight is 339 g/mol. The van der Waals surface area contributed by atoms with E-state index in [0.717, 1.165) is 0 Å². The van der Waals surface area contributed by atoms with Crippen LogP contribution in [0.4, 0.5) is 39.5 Å². The van der Waals surface area contributed by atoms with E-state index < -0.39 is 48.1 Å². The molecule has 0 saturated carbocycles. The van der Waals surface area contributed by atoms with E-state index in [1.807, 2.05) is 0 Å². The van der Waals surface area contributed by atoms with Crippen molar-refractivity contribution in [3.8, 4) is 0 Å². The lowest BCUT2D eigenvalue weighted by atomic mass is 9.78. The van der Waals surface area contributed by atoms with Crippen molar-refractivity contribution in [2.45, 2.75) is 61.9 Å². The quantitative estimate of drug-likeness (QED) is 0.472. The maximum atomic E-state index is 13.8. The SMILES string of the molecule is CC(C)(F)C(F)(F)C(C)(F)C(F)(F)C(C)(F)C(F)(F)Cl. The van der Waals surface area contributed by atoms with Gasteiger partial charge in [0, 0.05) is 0 Å². The van der Waals surface area contributed by atoms with Gasteiger partial charge in [-0.05, 0) is 39.3 Å². The summed E-state index contributed by atoms with van der Waals surface area (Å²) in [7, 11) is 0. The standard InChI is InChI=1S/C10H12ClF9/c1-5(2,12)8(15,16)6(3,13)9(17,18)7(4,14)10(11,19)20/h1-4H3. The van der Waals surface area contributed by atoms with Gasteiger partial charge in [0.2, 0.25) is 5.67 Å². The van der Waals surface area contributed by atoms with Gasteiger partial charge in [0.25, 0.3) is 5.67 Å². The van der Waals surface area contributed by atoms with E-state index in [2.05, 4.69) is 11.6 Å². The van der Waals surface area contributed by atoms with Gasteiger partial charge in [-0.1, -0.05) is 0 Å². The third-order valence-electron chi connectivity index (χ3n) is 3.05. The molecule has 0 rings (SSSR count). The van der Waals surface area contributed by atoms with Gasteiger partial charge >= 0.3 is 17.2 Å². The number of alkyl halides is 10. The second kappa shape index (κ2) is 4.58. The lowest BCUT2D eigenvalue weighted by Gasteiger charge is -2.45. The Labute approximate surface area is 114 Å². The van der Waals surface area contributed by atoms with Crippen LogP contribution in [-0.4, -0.2) is 34.2 Å². The van der Waals surface area contributed by atoms with Gasteiger partial charge < -0.3 is 0 Å². The van der Waals surface area contributed by atoms with Crippen LogP contribution in [0.25, 0.3) is 0 Å². The van der Waals surface area contributed by atoms with E-state index in [1.54, 1.807) is 0 Å². The van der Waals surface area contributed by atoms with Crippen LogP contribution in [0.5, 0.6) is 0 Å². The van der Waals surface area contributed by atoms with E-state index in [4.69, 9.17) is 0 Å². The Morgan fingerprint density at radius 3 is 1.05 bits per heavy atom. The van der Waals surface area contributed by atoms with Gasteiger partial charge in [-0.3, -0.25) is 0 Å². The van der Waals surface area contributed by atoms with Crippen LogP contribution in [-0.2, 0) is 0 Å². The molecule has 20 heavy (non-hydrogen) atoms. The van der Waals surface area contributed by atoms with Gasteiger partial charge in [0.15, 0.2) is 5.67 Å². The maximum absolute atomic E-state index is 13.8. The zero-order valence-electron chi connectivity index (χ0n) is 10.8. The van der Waals surface area contributed by atoms with Crippen LogP contribution >= 0.6 is 11.6 Å². The minimum atomic E-state index is -5.99. The molecule has 0 N–H and O–H groups in total. The largest absolute Gasteiger partial charge is 0.361 e. The van der Waals surface area contributed by atoms with Crippen LogP contribution < -0.4 is 0 Å². The highest BCUT2D eigenvalue weighted by atomic mass is 35.5. The zero-order valence-corrected chi connectivity index (χ0v) is 11.5. The number of rotatable bonds is 5. The molecule has 2 atom stereocenters. The molecule has 0 aromatic carbocycles. The molecular weight excluding hydrogens is 327 g/mol. The molecule has 0 saturated heterocycles. The number of hydrogen-bond donors (Lipinski definition) is 0. The van der Waals surface area contributed by atoms with E-state index in [9.17, 15) is 39.5 Å². The highest BCUT2D eigenvalue weighted by Crippen LogP contribution is 2.58. The molecule has 0 heterocycles. The van der Waals surface area contributed by atoms with E-state index in [-0.39, 0.29) is 13.8 Å². The van der Waals surface area contributed by atoms with Crippen molar-refractivity contribution < 1.29 is 39.5 Å². The Morgan fingerprint density at radius 1 is 0.550 bits per heavy atom. The molecule has 122 valence electrons. The van der Waals surface area contributed by atoms with Crippen molar-refractivity contribution in [3.63, 3.8) is 0 Å². The normalized spacial score (nSPS) is 21.3. The molecule has 0 spiro atoms. The Hall–Kier alpha value is -0.340. The molecule has 0 aliphatic heterocycles. The molecule has 0 fully saturated rings. The molecule has 0 aromatic rings. The lowest BCUT2D eigenvalue weighted by Crippen LogP contribution is -2.70. The Morgan fingerprint density at radius 2 is 0.850 bits per heavy atom. The maximum Gasteiger partial charge on any atom is 0.361 e. The molecule has 0 amide bonds. The highest BCUT2D eigenvalue weighted by Gasteiger charge is 2.82. The molecule has 10 heteroatoms. The minimum Gasteiger partial charge on any atom is -0.238 e. The van der Waals surface area contributed by atoms with E-state index in [1.165, 1.54) is 0 Å². The predicted octanol–water partition coefficient (Wildman–Crippen LogP) is 5.29. The van der Waals surface area contributed by atoms with Gasteiger partial charge in [-0.25, -0.2) is 13.2 Å². The summed E-state index contributed by atoms with van der Waals surface area (Å²) in [4.78, 5) is 0. The molecule has 0 bridgehead atoms. The summed E-state index contributed by atoms with van der Waals surface area (Å²) in [5.74, 6) is -11.5. The van der Waals surface area contributed by atoms with Crippen LogP contribution in [0.3, 0.4) is 0 Å². The van der Waals surface area contributed by atoms with Crippen molar-refractivity contribution in [2.24, 2.45) is 0 Å². The van der Waals surface area contributed by atoms with Crippen molar-refractivity contribution in [3.05, 3.63) is 0 Å². The third kappa shape index (κ3) is 2.46. The van der Waals surface area contributed by atoms with Gasteiger partial charge in [0.05, 0.1) is 0 Å². The second-order valence-electron chi connectivity index (χ2n) is 5.12. The van der Waals surface area contributed by atoms with Gasteiger partial charge in [0.1, 0.15) is 0 Å². The molecule has 0 aliphatic rings. The molecule has 0 radical (unpaired) electrons. The summed E-state index contributed by atoms with van der Waals surface area (Å²) >= 11 is 4.09. The summed E-state index contributed by atoms with van der Waals surface area (Å²) in [5, 5.41) is -5.36. The summed E-state index contributed by atoms with van der Waals surface area (Å²) in [6, 6.07) is 0. The van der Waals surface area contributed by atoms with Crippen molar-refractivity contribution in [1.82, 2.24) is 0 Å². The highest BCUT2D eigenvalue weighted by molar-refractivity contribution is 6.22. The van der Waals surface area contributed by atoms with Crippen LogP contribution in [0, 0.1) is 0 Å². The Kier molecular flexibility index (Phi) is 4.50. The van der Waals surface area contributed by atoms with Gasteiger partial charge in [-0.15, -0.1) is 0 Å². The van der Waals surface area contributed by atoms with Crippen LogP contribution in [0.1, 0.15) is 27.7 Å². The first kappa shape index (κ1) is 19.7. The van der Waals surface area contributed by atoms with E-state index in [0.29, 0.717) is 0 Å². The summed E-state index contributed by atoms with van der Waals surface area (Å²) in [6.07, 6.45) is 0. The summed E-state index contributed by atoms with van der Waals surface area (Å²) in [5.41, 5.74) is -14.3. The molecule has 0 nitrogen and oxygen atoms in total. The predicted molar refractivity (Wildman–Crippen MR) is 54.9 cm³/mol. The Bertz CT molecular complexity index is 326. The van der Waals surface area contributed by atoms with Crippen molar-refractivity contribution in [2.75, 3.05) is 0 Å². The molecule has 0 aliphatic carbocycles. The summed E-state index contributed by atoms with van der Waals surface area (Å²) < 4.78 is 120. The first-order chi connectivity index (χ1) is 8.25. The first-order valence-corrected chi connectivity index (χ1v) is 5.52. The van der Waals surface area contributed by atoms with Crippen molar-refractivity contribution in [1.29, 1.82) is 0 Å². The lowest BCUT2D eigenvalue weighted by molar-refractivity contribution is -0.329. The van der Waals surface area contributed by atoms with E-state index >= 15 is 0 Å².